The number of hydrogen-bond donors (Lipinski definition) is 1. The van der Waals surface area contributed by atoms with Crippen molar-refractivity contribution in [3.05, 3.63) is 29.6 Å². The van der Waals surface area contributed by atoms with Crippen molar-refractivity contribution in [3.8, 4) is 0 Å². The summed E-state index contributed by atoms with van der Waals surface area (Å²) in [5.74, 6) is 0.912. The number of carbonyl (C=O) groups is 1. The number of aromatic carboxylic acids is 1. The average molecular weight is 286 g/mol. The summed E-state index contributed by atoms with van der Waals surface area (Å²) in [6.07, 6.45) is 7.52. The second-order valence-electron chi connectivity index (χ2n) is 6.00. The third-order valence-electron chi connectivity index (χ3n) is 4.56. The van der Waals surface area contributed by atoms with E-state index in [2.05, 4.69) is 16.5 Å². The van der Waals surface area contributed by atoms with E-state index in [0.717, 1.165) is 35.7 Å². The Hall–Kier alpha value is -1.84. The predicted octanol–water partition coefficient (Wildman–Crippen LogP) is 3.88. The van der Waals surface area contributed by atoms with Crippen molar-refractivity contribution in [2.45, 2.75) is 52.0 Å². The molecule has 0 radical (unpaired) electrons. The van der Waals surface area contributed by atoms with Gasteiger partial charge in [0.25, 0.3) is 0 Å². The first kappa shape index (κ1) is 14.1. The molecule has 1 fully saturated rings. The Labute approximate surface area is 124 Å². The summed E-state index contributed by atoms with van der Waals surface area (Å²) < 4.78 is 2.30. The van der Waals surface area contributed by atoms with Crippen LogP contribution in [0.3, 0.4) is 0 Å². The smallest absolute Gasteiger partial charge is 0.335 e. The van der Waals surface area contributed by atoms with Gasteiger partial charge in [-0.05, 0) is 37.0 Å². The molecular weight excluding hydrogens is 264 g/mol. The van der Waals surface area contributed by atoms with Gasteiger partial charge >= 0.3 is 5.97 Å². The number of fused-ring (bicyclic) bond motifs is 1. The van der Waals surface area contributed by atoms with Crippen molar-refractivity contribution in [1.29, 1.82) is 0 Å². The van der Waals surface area contributed by atoms with Gasteiger partial charge in [0.15, 0.2) is 0 Å². The second-order valence-corrected chi connectivity index (χ2v) is 6.00. The van der Waals surface area contributed by atoms with E-state index >= 15 is 0 Å². The Morgan fingerprint density at radius 1 is 1.33 bits per heavy atom. The number of nitrogens with zero attached hydrogens (tertiary/aromatic N) is 2. The molecule has 0 atom stereocenters. The molecule has 4 heteroatoms. The van der Waals surface area contributed by atoms with Crippen molar-refractivity contribution in [2.24, 2.45) is 5.92 Å². The Morgan fingerprint density at radius 3 is 2.76 bits per heavy atom. The van der Waals surface area contributed by atoms with Gasteiger partial charge in [0, 0.05) is 13.0 Å². The maximum absolute atomic E-state index is 11.1. The van der Waals surface area contributed by atoms with Crippen LogP contribution >= 0.6 is 0 Å². The highest BCUT2D eigenvalue weighted by Gasteiger charge is 2.18. The molecule has 21 heavy (non-hydrogen) atoms. The Morgan fingerprint density at radius 2 is 2.10 bits per heavy atom. The minimum atomic E-state index is -0.892. The molecule has 1 aromatic carbocycles. The molecule has 1 aliphatic rings. The zero-order chi connectivity index (χ0) is 14.8. The van der Waals surface area contributed by atoms with Crippen LogP contribution in [0.5, 0.6) is 0 Å². The fourth-order valence-corrected chi connectivity index (χ4v) is 3.41. The first-order chi connectivity index (χ1) is 10.2. The number of hydrogen-bond acceptors (Lipinski definition) is 2. The molecule has 0 saturated heterocycles. The number of rotatable bonds is 4. The lowest BCUT2D eigenvalue weighted by molar-refractivity contribution is 0.0697. The molecule has 0 spiro atoms. The van der Waals surface area contributed by atoms with Crippen LogP contribution < -0.4 is 0 Å². The van der Waals surface area contributed by atoms with Crippen LogP contribution in [0.1, 0.15) is 55.2 Å². The average Bonchev–Trinajstić information content (AvgIpc) is 2.85. The lowest BCUT2D eigenvalue weighted by Crippen LogP contribution is -2.15. The van der Waals surface area contributed by atoms with Crippen LogP contribution in [0.25, 0.3) is 11.0 Å². The largest absolute Gasteiger partial charge is 0.478 e. The Bertz CT molecular complexity index is 654. The Kier molecular flexibility index (Phi) is 3.95. The van der Waals surface area contributed by atoms with Crippen LogP contribution in [0.4, 0.5) is 0 Å². The number of benzene rings is 1. The van der Waals surface area contributed by atoms with Crippen molar-refractivity contribution in [3.63, 3.8) is 0 Å². The fraction of sp³-hybridized carbons (Fsp3) is 0.529. The molecule has 0 bridgehead atoms. The highest BCUT2D eigenvalue weighted by Crippen LogP contribution is 2.28. The zero-order valence-electron chi connectivity index (χ0n) is 12.5. The number of carboxylic acid groups (broad SMARTS) is 1. The van der Waals surface area contributed by atoms with Crippen molar-refractivity contribution >= 4 is 17.0 Å². The summed E-state index contributed by atoms with van der Waals surface area (Å²) in [5, 5.41) is 9.10. The number of aromatic nitrogens is 2. The minimum Gasteiger partial charge on any atom is -0.478 e. The van der Waals surface area contributed by atoms with Gasteiger partial charge in [-0.2, -0.15) is 0 Å². The zero-order valence-corrected chi connectivity index (χ0v) is 12.5. The normalized spacial score (nSPS) is 16.4. The number of aryl methyl sites for hydroxylation is 1. The molecule has 0 amide bonds. The van der Waals surface area contributed by atoms with Gasteiger partial charge in [-0.15, -0.1) is 0 Å². The molecule has 4 nitrogen and oxygen atoms in total. The van der Waals surface area contributed by atoms with Crippen LogP contribution in [0.15, 0.2) is 18.2 Å². The van der Waals surface area contributed by atoms with E-state index in [0.29, 0.717) is 5.56 Å². The van der Waals surface area contributed by atoms with E-state index < -0.39 is 5.97 Å². The van der Waals surface area contributed by atoms with Gasteiger partial charge in [-0.3, -0.25) is 0 Å². The standard InChI is InChI=1S/C17H22N2O2/c1-2-16-18-14-10-13(17(20)21)8-9-15(14)19(16)11-12-6-4-3-5-7-12/h8-10,12H,2-7,11H2,1H3,(H,20,21). The number of imidazole rings is 1. The van der Waals surface area contributed by atoms with E-state index in [4.69, 9.17) is 5.11 Å². The van der Waals surface area contributed by atoms with E-state index in [1.54, 1.807) is 12.1 Å². The summed E-state index contributed by atoms with van der Waals surface area (Å²) >= 11 is 0. The first-order valence-electron chi connectivity index (χ1n) is 7.91. The molecule has 1 aliphatic carbocycles. The summed E-state index contributed by atoms with van der Waals surface area (Å²) in [6.45, 7) is 3.13. The van der Waals surface area contributed by atoms with Gasteiger partial charge in [-0.25, -0.2) is 9.78 Å². The first-order valence-corrected chi connectivity index (χ1v) is 7.91. The quantitative estimate of drug-likeness (QED) is 0.928. The van der Waals surface area contributed by atoms with Crippen molar-refractivity contribution in [2.75, 3.05) is 0 Å². The summed E-state index contributed by atoms with van der Waals surface area (Å²) in [6, 6.07) is 5.28. The van der Waals surface area contributed by atoms with E-state index in [1.165, 1.54) is 32.1 Å². The van der Waals surface area contributed by atoms with E-state index in [1.807, 2.05) is 6.07 Å². The molecule has 3 rings (SSSR count). The third kappa shape index (κ3) is 2.80. The molecule has 1 N–H and O–H groups in total. The molecule has 2 aromatic rings. The molecule has 1 aromatic heterocycles. The maximum Gasteiger partial charge on any atom is 0.335 e. The maximum atomic E-state index is 11.1. The SMILES string of the molecule is CCc1nc2cc(C(=O)O)ccc2n1CC1CCCCC1. The van der Waals surface area contributed by atoms with Crippen LogP contribution in [0, 0.1) is 5.92 Å². The monoisotopic (exact) mass is 286 g/mol. The fourth-order valence-electron chi connectivity index (χ4n) is 3.41. The summed E-state index contributed by atoms with van der Waals surface area (Å²) in [4.78, 5) is 15.7. The highest BCUT2D eigenvalue weighted by atomic mass is 16.4. The predicted molar refractivity (Wildman–Crippen MR) is 82.6 cm³/mol. The molecule has 1 heterocycles. The second kappa shape index (κ2) is 5.88. The summed E-state index contributed by atoms with van der Waals surface area (Å²) in [5.41, 5.74) is 2.19. The molecule has 0 aliphatic heterocycles. The highest BCUT2D eigenvalue weighted by molar-refractivity contribution is 5.92. The summed E-state index contributed by atoms with van der Waals surface area (Å²) in [7, 11) is 0. The van der Waals surface area contributed by atoms with Gasteiger partial charge in [0.1, 0.15) is 5.82 Å². The van der Waals surface area contributed by atoms with Gasteiger partial charge in [-0.1, -0.05) is 26.2 Å². The lowest BCUT2D eigenvalue weighted by atomic mass is 9.89. The van der Waals surface area contributed by atoms with E-state index in [-0.39, 0.29) is 0 Å². The Balaban J connectivity index is 1.97. The minimum absolute atomic E-state index is 0.312. The van der Waals surface area contributed by atoms with Crippen LogP contribution in [-0.2, 0) is 13.0 Å². The lowest BCUT2D eigenvalue weighted by Gasteiger charge is -2.23. The number of carboxylic acids is 1. The van der Waals surface area contributed by atoms with Crippen molar-refractivity contribution in [1.82, 2.24) is 9.55 Å². The van der Waals surface area contributed by atoms with Gasteiger partial charge in [0.2, 0.25) is 0 Å². The molecule has 1 saturated carbocycles. The van der Waals surface area contributed by atoms with Crippen molar-refractivity contribution < 1.29 is 9.90 Å². The van der Waals surface area contributed by atoms with Gasteiger partial charge in [0.05, 0.1) is 16.6 Å². The van der Waals surface area contributed by atoms with Gasteiger partial charge < -0.3 is 9.67 Å². The third-order valence-corrected chi connectivity index (χ3v) is 4.56. The molecule has 112 valence electrons. The van der Waals surface area contributed by atoms with Crippen LogP contribution in [-0.4, -0.2) is 20.6 Å². The molecule has 0 unspecified atom stereocenters. The van der Waals surface area contributed by atoms with E-state index in [9.17, 15) is 4.79 Å². The van der Waals surface area contributed by atoms with Crippen LogP contribution in [0.2, 0.25) is 0 Å². The topological polar surface area (TPSA) is 55.1 Å². The molecular formula is C17H22N2O2.